The van der Waals surface area contributed by atoms with E-state index in [1.54, 1.807) is 16.4 Å². The Hall–Kier alpha value is -2.34. The molecule has 3 aromatic rings. The number of thioether (sulfide) groups is 1. The summed E-state index contributed by atoms with van der Waals surface area (Å²) in [5.74, 6) is 3.39. The van der Waals surface area contributed by atoms with Crippen LogP contribution in [0.15, 0.2) is 54.6 Å². The molecule has 0 atom stereocenters. The number of ether oxygens (including phenoxy) is 1. The number of tetrazole rings is 1. The van der Waals surface area contributed by atoms with Gasteiger partial charge in [0.15, 0.2) is 5.82 Å². The second-order valence-electron chi connectivity index (χ2n) is 4.88. The minimum Gasteiger partial charge on any atom is -0.494 e. The van der Waals surface area contributed by atoms with Crippen molar-refractivity contribution in [1.29, 1.82) is 0 Å². The molecule has 3 rings (SSSR count). The van der Waals surface area contributed by atoms with Gasteiger partial charge in [0, 0.05) is 11.3 Å². The van der Waals surface area contributed by atoms with Crippen molar-refractivity contribution >= 4 is 11.8 Å². The van der Waals surface area contributed by atoms with E-state index in [2.05, 4.69) is 21.6 Å². The maximum atomic E-state index is 5.66. The van der Waals surface area contributed by atoms with Gasteiger partial charge >= 0.3 is 0 Å². The van der Waals surface area contributed by atoms with Gasteiger partial charge in [-0.3, -0.25) is 0 Å². The minimum atomic E-state index is 0.675. The number of benzene rings is 2. The van der Waals surface area contributed by atoms with Crippen LogP contribution in [0.2, 0.25) is 0 Å². The van der Waals surface area contributed by atoms with Crippen LogP contribution in [-0.4, -0.2) is 26.8 Å². The molecule has 118 valence electrons. The Bertz CT molecular complexity index is 745. The molecule has 0 unspecified atom stereocenters. The van der Waals surface area contributed by atoms with Crippen molar-refractivity contribution in [3.05, 3.63) is 66.0 Å². The Labute approximate surface area is 139 Å². The number of hydrogen-bond donors (Lipinski definition) is 0. The molecule has 0 radical (unpaired) electrons. The SMILES string of the molecule is CCOc1ccccc1CSCc1nnnn1-c1ccccc1. The van der Waals surface area contributed by atoms with E-state index < -0.39 is 0 Å². The van der Waals surface area contributed by atoms with Gasteiger partial charge in [-0.15, -0.1) is 16.9 Å². The molecule has 2 aromatic carbocycles. The Morgan fingerprint density at radius 1 is 1.00 bits per heavy atom. The lowest BCUT2D eigenvalue weighted by Crippen LogP contribution is -2.02. The molecular weight excluding hydrogens is 308 g/mol. The summed E-state index contributed by atoms with van der Waals surface area (Å²) in [5, 5.41) is 12.0. The van der Waals surface area contributed by atoms with Gasteiger partial charge < -0.3 is 4.74 Å². The maximum Gasteiger partial charge on any atom is 0.166 e. The molecule has 23 heavy (non-hydrogen) atoms. The Morgan fingerprint density at radius 3 is 2.61 bits per heavy atom. The van der Waals surface area contributed by atoms with E-state index in [1.165, 1.54) is 5.56 Å². The Kier molecular flexibility index (Phi) is 5.26. The fourth-order valence-corrected chi connectivity index (χ4v) is 3.16. The van der Waals surface area contributed by atoms with Crippen molar-refractivity contribution in [3.63, 3.8) is 0 Å². The molecule has 5 nitrogen and oxygen atoms in total. The molecule has 0 saturated carbocycles. The minimum absolute atomic E-state index is 0.675. The summed E-state index contributed by atoms with van der Waals surface area (Å²) in [7, 11) is 0. The predicted molar refractivity (Wildman–Crippen MR) is 91.8 cm³/mol. The largest absolute Gasteiger partial charge is 0.494 e. The van der Waals surface area contributed by atoms with Gasteiger partial charge in [-0.05, 0) is 35.5 Å². The van der Waals surface area contributed by atoms with Gasteiger partial charge in [-0.2, -0.15) is 4.68 Å². The van der Waals surface area contributed by atoms with Gasteiger partial charge in [0.2, 0.25) is 0 Å². The topological polar surface area (TPSA) is 52.8 Å². The summed E-state index contributed by atoms with van der Waals surface area (Å²) in [6, 6.07) is 18.1. The average Bonchev–Trinajstić information content (AvgIpc) is 3.06. The van der Waals surface area contributed by atoms with Crippen LogP contribution in [0.3, 0.4) is 0 Å². The van der Waals surface area contributed by atoms with Gasteiger partial charge in [-0.25, -0.2) is 0 Å². The quantitative estimate of drug-likeness (QED) is 0.665. The molecule has 1 aromatic heterocycles. The van der Waals surface area contributed by atoms with Crippen LogP contribution >= 0.6 is 11.8 Å². The van der Waals surface area contributed by atoms with E-state index in [0.29, 0.717) is 6.61 Å². The van der Waals surface area contributed by atoms with Crippen molar-refractivity contribution in [3.8, 4) is 11.4 Å². The highest BCUT2D eigenvalue weighted by atomic mass is 32.2. The van der Waals surface area contributed by atoms with Gasteiger partial charge in [0.25, 0.3) is 0 Å². The Balaban J connectivity index is 1.65. The molecule has 0 aliphatic carbocycles. The molecule has 0 bridgehead atoms. The molecule has 0 aliphatic heterocycles. The molecular formula is C17H18N4OS. The van der Waals surface area contributed by atoms with Gasteiger partial charge in [0.1, 0.15) is 5.75 Å². The normalized spacial score (nSPS) is 10.7. The monoisotopic (exact) mass is 326 g/mol. The zero-order valence-electron chi connectivity index (χ0n) is 12.9. The maximum absolute atomic E-state index is 5.66. The molecule has 0 N–H and O–H groups in total. The smallest absolute Gasteiger partial charge is 0.166 e. The number of hydrogen-bond acceptors (Lipinski definition) is 5. The van der Waals surface area contributed by atoms with Crippen LogP contribution < -0.4 is 4.74 Å². The van der Waals surface area contributed by atoms with Crippen LogP contribution in [0, 0.1) is 0 Å². The van der Waals surface area contributed by atoms with Crippen molar-refractivity contribution in [2.75, 3.05) is 6.61 Å². The fraction of sp³-hybridized carbons (Fsp3) is 0.235. The van der Waals surface area contributed by atoms with E-state index in [9.17, 15) is 0 Å². The Morgan fingerprint density at radius 2 is 1.78 bits per heavy atom. The number of nitrogens with zero attached hydrogens (tertiary/aromatic N) is 4. The molecule has 0 saturated heterocycles. The van der Waals surface area contributed by atoms with Crippen molar-refractivity contribution in [2.45, 2.75) is 18.4 Å². The molecule has 0 aliphatic rings. The average molecular weight is 326 g/mol. The van der Waals surface area contributed by atoms with Crippen LogP contribution in [0.5, 0.6) is 5.75 Å². The van der Waals surface area contributed by atoms with E-state index in [1.807, 2.05) is 55.5 Å². The highest BCUT2D eigenvalue weighted by molar-refractivity contribution is 7.97. The highest BCUT2D eigenvalue weighted by Gasteiger charge is 2.09. The summed E-state index contributed by atoms with van der Waals surface area (Å²) in [4.78, 5) is 0. The molecule has 1 heterocycles. The van der Waals surface area contributed by atoms with Crippen LogP contribution in [0.25, 0.3) is 5.69 Å². The highest BCUT2D eigenvalue weighted by Crippen LogP contribution is 2.25. The lowest BCUT2D eigenvalue weighted by atomic mass is 10.2. The second-order valence-corrected chi connectivity index (χ2v) is 5.86. The number of aromatic nitrogens is 4. The zero-order valence-corrected chi connectivity index (χ0v) is 13.7. The summed E-state index contributed by atoms with van der Waals surface area (Å²) < 4.78 is 7.44. The first-order valence-corrected chi connectivity index (χ1v) is 8.65. The van der Waals surface area contributed by atoms with E-state index in [4.69, 9.17) is 4.74 Å². The van der Waals surface area contributed by atoms with Crippen molar-refractivity contribution in [2.24, 2.45) is 0 Å². The number of rotatable bonds is 7. The lowest BCUT2D eigenvalue weighted by molar-refractivity contribution is 0.337. The summed E-state index contributed by atoms with van der Waals surface area (Å²) in [6.45, 7) is 2.67. The fourth-order valence-electron chi connectivity index (χ4n) is 2.24. The summed E-state index contributed by atoms with van der Waals surface area (Å²) >= 11 is 1.77. The molecule has 0 spiro atoms. The second kappa shape index (κ2) is 7.78. The van der Waals surface area contributed by atoms with E-state index in [0.717, 1.165) is 28.8 Å². The standard InChI is InChI=1S/C17H18N4OS/c1-2-22-16-11-7-6-8-14(16)12-23-13-17-18-19-20-21(17)15-9-4-3-5-10-15/h3-11H,2,12-13H2,1H3. The first kappa shape index (κ1) is 15.6. The first-order chi connectivity index (χ1) is 11.4. The van der Waals surface area contributed by atoms with Crippen LogP contribution in [-0.2, 0) is 11.5 Å². The van der Waals surface area contributed by atoms with Crippen LogP contribution in [0.1, 0.15) is 18.3 Å². The molecule has 0 amide bonds. The van der Waals surface area contributed by atoms with Gasteiger partial charge in [-0.1, -0.05) is 36.4 Å². The van der Waals surface area contributed by atoms with Crippen molar-refractivity contribution in [1.82, 2.24) is 20.2 Å². The third kappa shape index (κ3) is 3.90. The zero-order chi connectivity index (χ0) is 15.9. The third-order valence-corrected chi connectivity index (χ3v) is 4.27. The molecule has 6 heteroatoms. The predicted octanol–water partition coefficient (Wildman–Crippen LogP) is 3.49. The van der Waals surface area contributed by atoms with Crippen LogP contribution in [0.4, 0.5) is 0 Å². The first-order valence-electron chi connectivity index (χ1n) is 7.49. The molecule has 0 fully saturated rings. The lowest BCUT2D eigenvalue weighted by Gasteiger charge is -2.09. The summed E-state index contributed by atoms with van der Waals surface area (Å²) in [5.41, 5.74) is 2.17. The van der Waals surface area contributed by atoms with E-state index >= 15 is 0 Å². The van der Waals surface area contributed by atoms with Crippen molar-refractivity contribution < 1.29 is 4.74 Å². The third-order valence-electron chi connectivity index (χ3n) is 3.30. The van der Waals surface area contributed by atoms with Gasteiger partial charge in [0.05, 0.1) is 18.0 Å². The number of para-hydroxylation sites is 2. The summed E-state index contributed by atoms with van der Waals surface area (Å²) in [6.07, 6.45) is 0. The van der Waals surface area contributed by atoms with E-state index in [-0.39, 0.29) is 0 Å².